The molecule has 6 aromatic carbocycles. The van der Waals surface area contributed by atoms with Crippen LogP contribution in [-0.4, -0.2) is 0 Å². The molecule has 8 rings (SSSR count). The van der Waals surface area contributed by atoms with E-state index in [4.69, 9.17) is 0 Å². The van der Waals surface area contributed by atoms with Crippen LogP contribution in [0.3, 0.4) is 0 Å². The van der Waals surface area contributed by atoms with Crippen LogP contribution in [0.25, 0.3) is 44.5 Å². The molecule has 0 amide bonds. The Morgan fingerprint density at radius 1 is 0.364 bits per heavy atom. The molecule has 0 bridgehead atoms. The molecule has 0 radical (unpaired) electrons. The third kappa shape index (κ3) is 13.8. The summed E-state index contributed by atoms with van der Waals surface area (Å²) < 4.78 is 43.9. The van der Waals surface area contributed by atoms with Crippen LogP contribution in [0, 0.1) is 41.1 Å². The minimum Gasteiger partial charge on any atom is -0.206 e. The van der Waals surface area contributed by atoms with Crippen molar-refractivity contribution in [2.45, 2.75) is 151 Å². The summed E-state index contributed by atoms with van der Waals surface area (Å²) in [7, 11) is 0. The lowest BCUT2D eigenvalue weighted by atomic mass is 9.68. The van der Waals surface area contributed by atoms with E-state index < -0.39 is 11.6 Å². The van der Waals surface area contributed by atoms with E-state index in [1.165, 1.54) is 54.4 Å². The number of halogens is 3. The fraction of sp³-hybridized carbons (Fsp3) is 0.429. The van der Waals surface area contributed by atoms with Crippen LogP contribution >= 0.6 is 0 Å². The Labute approximate surface area is 397 Å². The summed E-state index contributed by atoms with van der Waals surface area (Å²) >= 11 is 0. The first-order chi connectivity index (χ1) is 32.2. The van der Waals surface area contributed by atoms with Gasteiger partial charge in [-0.15, -0.1) is 0 Å². The highest BCUT2D eigenvalue weighted by atomic mass is 19.2. The summed E-state index contributed by atoms with van der Waals surface area (Å²) in [6.07, 6.45) is 22.9. The normalized spacial score (nSPS) is 18.1. The van der Waals surface area contributed by atoms with E-state index in [9.17, 15) is 13.2 Å². The van der Waals surface area contributed by atoms with Gasteiger partial charge in [0.2, 0.25) is 0 Å². The van der Waals surface area contributed by atoms with Crippen molar-refractivity contribution in [1.29, 1.82) is 0 Å². The Morgan fingerprint density at radius 2 is 0.727 bits per heavy atom. The zero-order valence-electron chi connectivity index (χ0n) is 41.1. The highest BCUT2D eigenvalue weighted by Gasteiger charge is 2.30. The van der Waals surface area contributed by atoms with Crippen molar-refractivity contribution in [3.63, 3.8) is 0 Å². The molecule has 2 aliphatic carbocycles. The van der Waals surface area contributed by atoms with Crippen molar-refractivity contribution < 1.29 is 13.2 Å². The predicted octanol–water partition coefficient (Wildman–Crippen LogP) is 19.3. The molecule has 0 saturated heterocycles. The molecular formula is C63H77F3. The van der Waals surface area contributed by atoms with E-state index in [2.05, 4.69) is 77.9 Å². The van der Waals surface area contributed by atoms with Gasteiger partial charge < -0.3 is 0 Å². The van der Waals surface area contributed by atoms with Crippen molar-refractivity contribution in [2.24, 2.45) is 23.7 Å². The fourth-order valence-corrected chi connectivity index (χ4v) is 10.5. The van der Waals surface area contributed by atoms with Gasteiger partial charge in [0.1, 0.15) is 5.82 Å². The van der Waals surface area contributed by atoms with Crippen LogP contribution in [0.4, 0.5) is 13.2 Å². The number of benzene rings is 6. The maximum Gasteiger partial charge on any atom is 0.167 e. The van der Waals surface area contributed by atoms with E-state index >= 15 is 0 Å². The molecule has 0 heterocycles. The zero-order valence-corrected chi connectivity index (χ0v) is 41.1. The first-order valence-corrected chi connectivity index (χ1v) is 25.8. The Hall–Kier alpha value is -4.89. The molecule has 0 unspecified atom stereocenters. The molecule has 0 N–H and O–H groups in total. The van der Waals surface area contributed by atoms with E-state index in [1.807, 2.05) is 72.8 Å². The number of rotatable bonds is 14. The minimum atomic E-state index is -0.792. The SMILES string of the molecule is CCCC1CCC(C2CCC(CC)CC2)CC1.CCCc1ccc(-c2ccc(-c3ccc(CC)cc3)c(F)c2F)cc1.CCCc1ccc(-c2ccc(-c3ccc(CC)cc3)cc2F)cc1. The Morgan fingerprint density at radius 3 is 1.11 bits per heavy atom. The molecule has 2 saturated carbocycles. The van der Waals surface area contributed by atoms with Gasteiger partial charge in [0, 0.05) is 16.7 Å². The maximum atomic E-state index is 14.7. The minimum absolute atomic E-state index is 0.171. The van der Waals surface area contributed by atoms with Gasteiger partial charge in [-0.2, -0.15) is 0 Å². The van der Waals surface area contributed by atoms with Crippen molar-refractivity contribution >= 4 is 0 Å². The lowest BCUT2D eigenvalue weighted by Crippen LogP contribution is -2.25. The van der Waals surface area contributed by atoms with Crippen LogP contribution in [0.2, 0.25) is 0 Å². The summed E-state index contributed by atoms with van der Waals surface area (Å²) in [6.45, 7) is 13.2. The van der Waals surface area contributed by atoms with Gasteiger partial charge in [-0.05, 0) is 131 Å². The zero-order chi connectivity index (χ0) is 46.8. The fourth-order valence-electron chi connectivity index (χ4n) is 10.5. The number of hydrogen-bond donors (Lipinski definition) is 0. The molecule has 3 heteroatoms. The topological polar surface area (TPSA) is 0 Å². The molecule has 6 aromatic rings. The van der Waals surface area contributed by atoms with Gasteiger partial charge in [-0.1, -0.05) is 221 Å². The lowest BCUT2D eigenvalue weighted by Gasteiger charge is -2.37. The predicted molar refractivity (Wildman–Crippen MR) is 277 cm³/mol. The molecule has 2 fully saturated rings. The molecule has 66 heavy (non-hydrogen) atoms. The first kappa shape index (κ1) is 50.5. The van der Waals surface area contributed by atoms with Gasteiger partial charge in [0.05, 0.1) is 0 Å². The Balaban J connectivity index is 0.000000167. The number of hydrogen-bond acceptors (Lipinski definition) is 0. The van der Waals surface area contributed by atoms with Gasteiger partial charge >= 0.3 is 0 Å². The largest absolute Gasteiger partial charge is 0.206 e. The third-order valence-electron chi connectivity index (χ3n) is 14.8. The molecule has 2 aliphatic rings. The van der Waals surface area contributed by atoms with Crippen molar-refractivity contribution in [3.05, 3.63) is 167 Å². The number of aryl methyl sites for hydroxylation is 4. The van der Waals surface area contributed by atoms with Gasteiger partial charge in [-0.3, -0.25) is 0 Å². The van der Waals surface area contributed by atoms with Crippen LogP contribution in [0.5, 0.6) is 0 Å². The van der Waals surface area contributed by atoms with E-state index in [0.717, 1.165) is 78.9 Å². The van der Waals surface area contributed by atoms with E-state index in [1.54, 1.807) is 56.7 Å². The molecule has 0 aromatic heterocycles. The average Bonchev–Trinajstić information content (AvgIpc) is 3.36. The van der Waals surface area contributed by atoms with Gasteiger partial charge in [0.25, 0.3) is 0 Å². The standard InChI is InChI=1S/C23H22F2.C23H23F.C17H32/c1-3-5-17-8-12-19(13-9-17)21-15-14-20(22(24)23(21)25)18-10-6-16(4-2)7-11-18;1-3-5-18-8-12-20(13-9-18)22-15-14-21(16-23(22)24)19-10-6-17(4-2)7-11-19;1-3-5-15-8-12-17(13-9-15)16-10-6-14(4-2)7-11-16/h6-15H,3-5H2,1-2H3;6-16H,3-5H2,1-2H3;14-17H,3-13H2,1-2H3. The third-order valence-corrected chi connectivity index (χ3v) is 14.8. The second kappa shape index (κ2) is 25.9. The summed E-state index contributed by atoms with van der Waals surface area (Å²) in [5, 5.41) is 0. The monoisotopic (exact) mass is 891 g/mol. The highest BCUT2D eigenvalue weighted by Crippen LogP contribution is 2.43. The Bertz CT molecular complexity index is 2320. The van der Waals surface area contributed by atoms with Crippen LogP contribution in [0.15, 0.2) is 127 Å². The van der Waals surface area contributed by atoms with Crippen molar-refractivity contribution in [3.8, 4) is 44.5 Å². The van der Waals surface area contributed by atoms with Crippen LogP contribution in [0.1, 0.15) is 147 Å². The first-order valence-electron chi connectivity index (χ1n) is 25.8. The van der Waals surface area contributed by atoms with Crippen LogP contribution in [-0.2, 0) is 25.7 Å². The maximum absolute atomic E-state index is 14.7. The van der Waals surface area contributed by atoms with Crippen LogP contribution < -0.4 is 0 Å². The lowest BCUT2D eigenvalue weighted by molar-refractivity contribution is 0.142. The second-order valence-electron chi connectivity index (χ2n) is 19.2. The molecule has 0 atom stereocenters. The van der Waals surface area contributed by atoms with E-state index in [-0.39, 0.29) is 5.82 Å². The summed E-state index contributed by atoms with van der Waals surface area (Å²) in [5.41, 5.74) is 10.5. The van der Waals surface area contributed by atoms with Crippen molar-refractivity contribution in [2.75, 3.05) is 0 Å². The summed E-state index contributed by atoms with van der Waals surface area (Å²) in [6, 6.07) is 40.7. The van der Waals surface area contributed by atoms with Crippen molar-refractivity contribution in [1.82, 2.24) is 0 Å². The highest BCUT2D eigenvalue weighted by molar-refractivity contribution is 5.73. The van der Waals surface area contributed by atoms with E-state index in [0.29, 0.717) is 27.8 Å². The molecule has 0 spiro atoms. The molecule has 0 aliphatic heterocycles. The molecule has 0 nitrogen and oxygen atoms in total. The second-order valence-corrected chi connectivity index (χ2v) is 19.2. The molecule has 350 valence electrons. The summed E-state index contributed by atoms with van der Waals surface area (Å²) in [5.74, 6) is 2.63. The van der Waals surface area contributed by atoms with Gasteiger partial charge in [-0.25, -0.2) is 13.2 Å². The quantitative estimate of drug-likeness (QED) is 0.102. The summed E-state index contributed by atoms with van der Waals surface area (Å²) in [4.78, 5) is 0. The average molecular weight is 891 g/mol. The Kier molecular flexibility index (Phi) is 19.8. The molecular weight excluding hydrogens is 814 g/mol. The smallest absolute Gasteiger partial charge is 0.167 e. The van der Waals surface area contributed by atoms with Gasteiger partial charge in [0.15, 0.2) is 11.6 Å².